The van der Waals surface area contributed by atoms with Gasteiger partial charge in [0.25, 0.3) is 0 Å². The van der Waals surface area contributed by atoms with Gasteiger partial charge in [-0.3, -0.25) is 4.39 Å². The second-order valence-electron chi connectivity index (χ2n) is 4.43. The van der Waals surface area contributed by atoms with E-state index in [1.54, 1.807) is 0 Å². The molecule has 0 aliphatic carbocycles. The number of ether oxygens (including phenoxy) is 1. The largest absolute Gasteiger partial charge is 0.376 e. The van der Waals surface area contributed by atoms with Crippen molar-refractivity contribution in [1.29, 1.82) is 0 Å². The summed E-state index contributed by atoms with van der Waals surface area (Å²) in [5.41, 5.74) is 10.5. The molecule has 0 bridgehead atoms. The molecule has 0 saturated heterocycles. The molecule has 1 aromatic rings. The van der Waals surface area contributed by atoms with Gasteiger partial charge in [0.1, 0.15) is 6.67 Å². The number of unbranched alkanes of at least 4 members (excludes halogenated alkanes) is 1. The maximum absolute atomic E-state index is 12.9. The molecule has 4 nitrogen and oxygen atoms in total. The zero-order valence-electron chi connectivity index (χ0n) is 11.4. The maximum Gasteiger partial charge on any atom is 0.101 e. The molecule has 0 fully saturated rings. The minimum atomic E-state index is -0.823. The van der Waals surface area contributed by atoms with E-state index in [2.05, 4.69) is 16.9 Å². The van der Waals surface area contributed by atoms with Crippen molar-refractivity contribution in [2.75, 3.05) is 13.8 Å². The van der Waals surface area contributed by atoms with Crippen LogP contribution in [0.5, 0.6) is 0 Å². The number of hydrogen-bond donors (Lipinski definition) is 0. The van der Waals surface area contributed by atoms with Gasteiger partial charge in [0.2, 0.25) is 0 Å². The van der Waals surface area contributed by atoms with Crippen molar-refractivity contribution in [3.8, 4) is 0 Å². The normalized spacial score (nSPS) is 13.6. The summed E-state index contributed by atoms with van der Waals surface area (Å²) in [5.74, 6) is 0. The van der Waals surface area contributed by atoms with Crippen LogP contribution in [0.25, 0.3) is 10.4 Å². The molecular formula is C14H20FN3O. The first-order valence-corrected chi connectivity index (χ1v) is 6.48. The van der Waals surface area contributed by atoms with Gasteiger partial charge in [-0.1, -0.05) is 42.7 Å². The predicted molar refractivity (Wildman–Crippen MR) is 73.7 cm³/mol. The fourth-order valence-electron chi connectivity index (χ4n) is 2.01. The summed E-state index contributed by atoms with van der Waals surface area (Å²) in [6.07, 6.45) is 2.81. The van der Waals surface area contributed by atoms with Crippen molar-refractivity contribution < 1.29 is 9.13 Å². The van der Waals surface area contributed by atoms with Crippen LogP contribution in [-0.4, -0.2) is 19.8 Å². The first-order chi connectivity index (χ1) is 9.26. The summed E-state index contributed by atoms with van der Waals surface area (Å²) in [6.45, 7) is 1.42. The Morgan fingerprint density at radius 3 is 2.53 bits per heavy atom. The predicted octanol–water partition coefficient (Wildman–Crippen LogP) is 4.37. The van der Waals surface area contributed by atoms with Gasteiger partial charge in [-0.05, 0) is 29.5 Å². The Morgan fingerprint density at radius 1 is 1.37 bits per heavy atom. The van der Waals surface area contributed by atoms with Crippen LogP contribution in [0.1, 0.15) is 37.0 Å². The number of benzene rings is 1. The van der Waals surface area contributed by atoms with E-state index in [1.165, 1.54) is 12.7 Å². The lowest BCUT2D eigenvalue weighted by Gasteiger charge is -2.20. The topological polar surface area (TPSA) is 58.0 Å². The number of alkyl halides is 1. The van der Waals surface area contributed by atoms with Crippen molar-refractivity contribution in [3.05, 3.63) is 45.8 Å². The molecule has 1 aromatic carbocycles. The van der Waals surface area contributed by atoms with Crippen LogP contribution in [0.15, 0.2) is 29.4 Å². The fourth-order valence-corrected chi connectivity index (χ4v) is 2.01. The van der Waals surface area contributed by atoms with Crippen molar-refractivity contribution >= 4 is 0 Å². The Morgan fingerprint density at radius 2 is 2.05 bits per heavy atom. The summed E-state index contributed by atoms with van der Waals surface area (Å²) in [5, 5.41) is 3.44. The number of nitrogens with zero attached hydrogens (tertiary/aromatic N) is 3. The molecule has 0 heterocycles. The summed E-state index contributed by atoms with van der Waals surface area (Å²) in [6, 6.07) is 7.03. The zero-order valence-corrected chi connectivity index (χ0v) is 11.4. The third kappa shape index (κ3) is 4.54. The van der Waals surface area contributed by atoms with Crippen LogP contribution >= 0.6 is 0 Å². The average Bonchev–Trinajstić information content (AvgIpc) is 2.46. The molecule has 0 unspecified atom stereocenters. The van der Waals surface area contributed by atoms with E-state index in [0.29, 0.717) is 0 Å². The third-order valence-electron chi connectivity index (χ3n) is 3.09. The van der Waals surface area contributed by atoms with Gasteiger partial charge in [-0.25, -0.2) is 0 Å². The number of halogens is 1. The van der Waals surface area contributed by atoms with Crippen molar-refractivity contribution in [2.24, 2.45) is 5.11 Å². The molecule has 0 N–H and O–H groups in total. The lowest BCUT2D eigenvalue weighted by Crippen LogP contribution is -2.20. The van der Waals surface area contributed by atoms with E-state index in [-0.39, 0.29) is 0 Å². The first-order valence-electron chi connectivity index (χ1n) is 6.48. The quantitative estimate of drug-likeness (QED) is 0.391. The summed E-state index contributed by atoms with van der Waals surface area (Å²) in [4.78, 5) is 2.66. The molecule has 5 heteroatoms. The van der Waals surface area contributed by atoms with Crippen molar-refractivity contribution in [2.45, 2.75) is 38.3 Å². The van der Waals surface area contributed by atoms with Gasteiger partial charge >= 0.3 is 0 Å². The molecule has 2 atom stereocenters. The number of rotatable bonds is 8. The lowest BCUT2D eigenvalue weighted by molar-refractivity contribution is 0.0722. The van der Waals surface area contributed by atoms with Crippen LogP contribution < -0.4 is 0 Å². The van der Waals surface area contributed by atoms with Crippen LogP contribution in [-0.2, 0) is 11.2 Å². The van der Waals surface area contributed by atoms with Gasteiger partial charge < -0.3 is 4.74 Å². The molecule has 19 heavy (non-hydrogen) atoms. The van der Waals surface area contributed by atoms with E-state index in [1.807, 2.05) is 24.3 Å². The highest BCUT2D eigenvalue weighted by atomic mass is 19.1. The smallest absolute Gasteiger partial charge is 0.101 e. The second kappa shape index (κ2) is 8.51. The van der Waals surface area contributed by atoms with E-state index < -0.39 is 18.8 Å². The van der Waals surface area contributed by atoms with E-state index in [0.717, 1.165) is 24.8 Å². The first kappa shape index (κ1) is 15.5. The summed E-state index contributed by atoms with van der Waals surface area (Å²) >= 11 is 0. The third-order valence-corrected chi connectivity index (χ3v) is 3.09. The van der Waals surface area contributed by atoms with Gasteiger partial charge in [-0.15, -0.1) is 0 Å². The minimum Gasteiger partial charge on any atom is -0.376 e. The molecule has 1 rings (SSSR count). The fraction of sp³-hybridized carbons (Fsp3) is 0.571. The van der Waals surface area contributed by atoms with Crippen LogP contribution in [0, 0.1) is 0 Å². The molecule has 0 aliphatic rings. The van der Waals surface area contributed by atoms with Gasteiger partial charge in [0.05, 0.1) is 12.1 Å². The van der Waals surface area contributed by atoms with E-state index in [9.17, 15) is 4.39 Å². The summed E-state index contributed by atoms with van der Waals surface area (Å²) < 4.78 is 18.1. The molecule has 0 spiro atoms. The molecule has 0 aromatic heterocycles. The Balaban J connectivity index is 2.83. The Labute approximate surface area is 113 Å². The minimum absolute atomic E-state index is 0.541. The van der Waals surface area contributed by atoms with E-state index in [4.69, 9.17) is 10.3 Å². The van der Waals surface area contributed by atoms with Crippen molar-refractivity contribution in [1.82, 2.24) is 0 Å². The highest BCUT2D eigenvalue weighted by Crippen LogP contribution is 2.24. The molecular weight excluding hydrogens is 245 g/mol. The van der Waals surface area contributed by atoms with Crippen LogP contribution in [0.4, 0.5) is 4.39 Å². The lowest BCUT2D eigenvalue weighted by atomic mass is 10.00. The monoisotopic (exact) mass is 265 g/mol. The second-order valence-corrected chi connectivity index (χ2v) is 4.43. The Hall–Kier alpha value is -1.58. The highest BCUT2D eigenvalue weighted by Gasteiger charge is 2.21. The van der Waals surface area contributed by atoms with Gasteiger partial charge in [0, 0.05) is 12.0 Å². The number of hydrogen-bond acceptors (Lipinski definition) is 2. The number of azide groups is 1. The Kier molecular flexibility index (Phi) is 6.93. The van der Waals surface area contributed by atoms with Crippen LogP contribution in [0.3, 0.4) is 0 Å². The van der Waals surface area contributed by atoms with Gasteiger partial charge in [-0.2, -0.15) is 0 Å². The molecule has 104 valence electrons. The summed E-state index contributed by atoms with van der Waals surface area (Å²) in [7, 11) is 1.49. The number of aryl methyl sites for hydroxylation is 1. The SMILES string of the molecule is CCCCc1ccc([C@@H](OC)[C@@H](CF)N=[N+]=[N-])cc1. The molecule has 0 amide bonds. The van der Waals surface area contributed by atoms with E-state index >= 15 is 0 Å². The maximum atomic E-state index is 12.9. The standard InChI is InChI=1S/C14H20FN3O/c1-3-4-5-11-6-8-12(9-7-11)14(19-2)13(10-15)17-18-16/h6-9,13-14H,3-5,10H2,1-2H3/t13-,14-/m1/s1. The van der Waals surface area contributed by atoms with Crippen LogP contribution in [0.2, 0.25) is 0 Å². The average molecular weight is 265 g/mol. The molecule has 0 aliphatic heterocycles. The highest BCUT2D eigenvalue weighted by molar-refractivity contribution is 5.25. The van der Waals surface area contributed by atoms with Crippen molar-refractivity contribution in [3.63, 3.8) is 0 Å². The van der Waals surface area contributed by atoms with Gasteiger partial charge in [0.15, 0.2) is 0 Å². The Bertz CT molecular complexity index is 415. The molecule has 0 saturated carbocycles. The number of methoxy groups -OCH3 is 1. The zero-order chi connectivity index (χ0) is 14.1. The molecule has 0 radical (unpaired) electrons.